The molecule has 0 unspecified atom stereocenters. The van der Waals surface area contributed by atoms with Crippen molar-refractivity contribution >= 4 is 56.3 Å². The Balaban J connectivity index is 1.34. The number of anilines is 1. The lowest BCUT2D eigenvalue weighted by Gasteiger charge is -2.37. The maximum Gasteiger partial charge on any atom is 0.416 e. The molecule has 2 aromatic heterocycles. The SMILES string of the molecule is O=C(c1n[nH]c(-c2ccc(C#Cc3ccc(C(F)(F)F)cc3)s2)c1CNS(=O)(=O)NC1CCCCC1)N(c1ccc(Cl)cc1Cl)N1CCCCC1. The third kappa shape index (κ3) is 9.34. The van der Waals surface area contributed by atoms with E-state index in [9.17, 15) is 26.4 Å². The maximum absolute atomic E-state index is 14.6. The molecule has 1 saturated heterocycles. The van der Waals surface area contributed by atoms with Gasteiger partial charge >= 0.3 is 6.18 Å². The molecule has 6 rings (SSSR count). The number of H-pyrrole nitrogens is 1. The average Bonchev–Trinajstić information content (AvgIpc) is 3.75. The first-order chi connectivity index (χ1) is 24.4. The predicted molar refractivity (Wildman–Crippen MR) is 194 cm³/mol. The standard InChI is InChI=1S/C35H35Cl2F3N6O3S2/c36-25-14-17-30(29(37)21-25)46(45-19-5-2-6-20-45)34(47)33-28(22-41-51(48,49)44-26-7-3-1-4-8-26)32(42-43-33)31-18-16-27(50-31)15-11-23-9-12-24(13-10-23)35(38,39)40/h9-10,12-14,16-18,21,26,41,44H,1-8,19-20,22H2,(H,42,43). The number of carbonyl (C=O) groups excluding carboxylic acids is 1. The van der Waals surface area contributed by atoms with Gasteiger partial charge in [0, 0.05) is 41.8 Å². The molecule has 0 spiro atoms. The van der Waals surface area contributed by atoms with E-state index in [1.165, 1.54) is 28.5 Å². The zero-order valence-corrected chi connectivity index (χ0v) is 30.5. The van der Waals surface area contributed by atoms with Crippen LogP contribution in [0.3, 0.4) is 0 Å². The van der Waals surface area contributed by atoms with Crippen molar-refractivity contribution < 1.29 is 26.4 Å². The molecule has 2 aliphatic rings. The van der Waals surface area contributed by atoms with E-state index in [1.807, 2.05) is 5.01 Å². The molecule has 1 amide bonds. The number of aromatic amines is 1. The summed E-state index contributed by atoms with van der Waals surface area (Å²) in [6, 6.07) is 12.8. The molecule has 1 aliphatic carbocycles. The van der Waals surface area contributed by atoms with Crippen LogP contribution in [-0.2, 0) is 22.9 Å². The monoisotopic (exact) mass is 778 g/mol. The van der Waals surface area contributed by atoms with Gasteiger partial charge in [-0.1, -0.05) is 60.7 Å². The van der Waals surface area contributed by atoms with E-state index in [4.69, 9.17) is 23.2 Å². The second-order valence-corrected chi connectivity index (χ2v) is 15.9. The van der Waals surface area contributed by atoms with Gasteiger partial charge in [0.25, 0.3) is 16.1 Å². The van der Waals surface area contributed by atoms with E-state index < -0.39 is 27.9 Å². The molecular weight excluding hydrogens is 744 g/mol. The summed E-state index contributed by atoms with van der Waals surface area (Å²) < 4.78 is 70.8. The lowest BCUT2D eigenvalue weighted by molar-refractivity contribution is -0.137. The number of carbonyl (C=O) groups is 1. The Morgan fingerprint density at radius 2 is 1.69 bits per heavy atom. The highest BCUT2D eigenvalue weighted by molar-refractivity contribution is 7.87. The number of piperidine rings is 1. The fourth-order valence-corrected chi connectivity index (χ4v) is 8.67. The van der Waals surface area contributed by atoms with Crippen molar-refractivity contribution in [1.82, 2.24) is 24.7 Å². The summed E-state index contributed by atoms with van der Waals surface area (Å²) in [7, 11) is -3.95. The fourth-order valence-electron chi connectivity index (χ4n) is 6.20. The van der Waals surface area contributed by atoms with Crippen LogP contribution in [0.15, 0.2) is 54.6 Å². The van der Waals surface area contributed by atoms with Gasteiger partial charge in [0.05, 0.1) is 31.7 Å². The minimum atomic E-state index is -4.44. The Morgan fingerprint density at radius 3 is 2.37 bits per heavy atom. The van der Waals surface area contributed by atoms with Gasteiger partial charge in [-0.15, -0.1) is 11.3 Å². The number of nitrogens with zero attached hydrogens (tertiary/aromatic N) is 3. The van der Waals surface area contributed by atoms with Crippen molar-refractivity contribution in [3.8, 4) is 22.4 Å². The third-order valence-electron chi connectivity index (χ3n) is 8.78. The van der Waals surface area contributed by atoms with Crippen LogP contribution in [0.25, 0.3) is 10.6 Å². The fraction of sp³-hybridized carbons (Fsp3) is 0.371. The normalized spacial score (nSPS) is 16.1. The molecule has 2 aromatic carbocycles. The Morgan fingerprint density at radius 1 is 0.980 bits per heavy atom. The third-order valence-corrected chi connectivity index (χ3v) is 11.5. The van der Waals surface area contributed by atoms with Gasteiger partial charge in [-0.05, 0) is 80.3 Å². The summed E-state index contributed by atoms with van der Waals surface area (Å²) in [6.07, 6.45) is 2.76. The van der Waals surface area contributed by atoms with Crippen molar-refractivity contribution in [3.05, 3.63) is 91.9 Å². The van der Waals surface area contributed by atoms with Crippen LogP contribution >= 0.6 is 34.5 Å². The topological polar surface area (TPSA) is 110 Å². The molecule has 1 aliphatic heterocycles. The van der Waals surface area contributed by atoms with Crippen molar-refractivity contribution in [1.29, 1.82) is 0 Å². The largest absolute Gasteiger partial charge is 0.416 e. The highest BCUT2D eigenvalue weighted by atomic mass is 35.5. The number of rotatable bonds is 9. The lowest BCUT2D eigenvalue weighted by atomic mass is 9.96. The first-order valence-electron chi connectivity index (χ1n) is 16.6. The highest BCUT2D eigenvalue weighted by Gasteiger charge is 2.33. The van der Waals surface area contributed by atoms with E-state index in [1.54, 1.807) is 30.3 Å². The van der Waals surface area contributed by atoms with Crippen LogP contribution in [0.5, 0.6) is 0 Å². The van der Waals surface area contributed by atoms with Crippen molar-refractivity contribution in [2.45, 2.75) is 70.1 Å². The minimum absolute atomic E-state index is 0.00717. The van der Waals surface area contributed by atoms with Crippen LogP contribution in [0.2, 0.25) is 10.0 Å². The van der Waals surface area contributed by atoms with E-state index in [2.05, 4.69) is 31.5 Å². The van der Waals surface area contributed by atoms with Crippen LogP contribution in [-0.4, -0.2) is 48.7 Å². The summed E-state index contributed by atoms with van der Waals surface area (Å²) in [5.41, 5.74) is 0.821. The number of nitrogens with one attached hydrogen (secondary N) is 3. The van der Waals surface area contributed by atoms with Crippen LogP contribution in [0.1, 0.15) is 83.4 Å². The second kappa shape index (κ2) is 16.1. The van der Waals surface area contributed by atoms with Crippen molar-refractivity contribution in [2.75, 3.05) is 18.1 Å². The van der Waals surface area contributed by atoms with E-state index in [0.29, 0.717) is 50.4 Å². The van der Waals surface area contributed by atoms with Crippen LogP contribution in [0.4, 0.5) is 18.9 Å². The Kier molecular flexibility index (Phi) is 11.8. The number of halogens is 5. The molecule has 3 heterocycles. The molecule has 9 nitrogen and oxygen atoms in total. The van der Waals surface area contributed by atoms with E-state index in [0.717, 1.165) is 63.5 Å². The molecule has 3 N–H and O–H groups in total. The number of benzene rings is 2. The molecule has 2 fully saturated rings. The summed E-state index contributed by atoms with van der Waals surface area (Å²) >= 11 is 14.1. The predicted octanol–water partition coefficient (Wildman–Crippen LogP) is 8.17. The van der Waals surface area contributed by atoms with Crippen molar-refractivity contribution in [3.63, 3.8) is 0 Å². The Labute approximate surface area is 308 Å². The molecule has 0 radical (unpaired) electrons. The Hall–Kier alpha value is -3.42. The first-order valence-corrected chi connectivity index (χ1v) is 19.6. The number of hydrazine groups is 1. The van der Waals surface area contributed by atoms with E-state index in [-0.39, 0.29) is 23.3 Å². The van der Waals surface area contributed by atoms with Gasteiger partial charge in [0.15, 0.2) is 5.69 Å². The van der Waals surface area contributed by atoms with Gasteiger partial charge in [-0.25, -0.2) is 10.0 Å². The van der Waals surface area contributed by atoms with Gasteiger partial charge in [-0.3, -0.25) is 9.89 Å². The molecule has 0 bridgehead atoms. The van der Waals surface area contributed by atoms with Gasteiger partial charge in [-0.2, -0.15) is 36.1 Å². The molecule has 270 valence electrons. The average molecular weight is 780 g/mol. The van der Waals surface area contributed by atoms with Crippen LogP contribution < -0.4 is 14.5 Å². The maximum atomic E-state index is 14.6. The van der Waals surface area contributed by atoms with Gasteiger partial charge < -0.3 is 0 Å². The second-order valence-electron chi connectivity index (χ2n) is 12.4. The molecular formula is C35H35Cl2F3N6O3S2. The summed E-state index contributed by atoms with van der Waals surface area (Å²) in [4.78, 5) is 15.8. The van der Waals surface area contributed by atoms with E-state index >= 15 is 0 Å². The van der Waals surface area contributed by atoms with Gasteiger partial charge in [0.2, 0.25) is 0 Å². The number of hydrogen-bond donors (Lipinski definition) is 3. The number of aromatic nitrogens is 2. The quantitative estimate of drug-likeness (QED) is 0.149. The van der Waals surface area contributed by atoms with Crippen LogP contribution in [0, 0.1) is 11.8 Å². The smallest absolute Gasteiger partial charge is 0.276 e. The van der Waals surface area contributed by atoms with Gasteiger partial charge in [0.1, 0.15) is 0 Å². The minimum Gasteiger partial charge on any atom is -0.276 e. The highest BCUT2D eigenvalue weighted by Crippen LogP contribution is 2.35. The molecule has 16 heteroatoms. The molecule has 51 heavy (non-hydrogen) atoms. The molecule has 4 aromatic rings. The Bertz CT molecular complexity index is 2030. The lowest BCUT2D eigenvalue weighted by Crippen LogP contribution is -2.50. The summed E-state index contributed by atoms with van der Waals surface area (Å²) in [5, 5.41) is 11.5. The number of alkyl halides is 3. The molecule has 0 atom stereocenters. The van der Waals surface area contributed by atoms with Crippen molar-refractivity contribution in [2.24, 2.45) is 0 Å². The number of thiophene rings is 1. The zero-order chi connectivity index (χ0) is 36.2. The molecule has 1 saturated carbocycles. The number of amides is 1. The number of hydrogen-bond acceptors (Lipinski definition) is 6. The summed E-state index contributed by atoms with van der Waals surface area (Å²) in [5.74, 6) is 5.36. The first kappa shape index (κ1) is 37.3. The zero-order valence-electron chi connectivity index (χ0n) is 27.3. The summed E-state index contributed by atoms with van der Waals surface area (Å²) in [6.45, 7) is 0.948.